The van der Waals surface area contributed by atoms with E-state index in [9.17, 15) is 4.79 Å². The summed E-state index contributed by atoms with van der Waals surface area (Å²) in [4.78, 5) is 15.5. The predicted molar refractivity (Wildman–Crippen MR) is 84.9 cm³/mol. The molecule has 0 radical (unpaired) electrons. The average molecular weight is 326 g/mol. The molecule has 1 aromatic rings. The molecule has 1 aromatic carbocycles. The summed E-state index contributed by atoms with van der Waals surface area (Å²) in [7, 11) is 0. The topological polar surface area (TPSA) is 35.6 Å². The zero-order chi connectivity index (χ0) is 15.6. The fourth-order valence-corrected chi connectivity index (χ4v) is 3.36. The van der Waals surface area contributed by atoms with Gasteiger partial charge in [0.2, 0.25) is 0 Å². The molecule has 2 aliphatic rings. The fraction of sp³-hybridized carbons (Fsp3) is 0.562. The van der Waals surface area contributed by atoms with Crippen molar-refractivity contribution in [1.82, 2.24) is 15.1 Å². The van der Waals surface area contributed by atoms with Gasteiger partial charge in [0.1, 0.15) is 5.67 Å². The number of likely N-dealkylation sites (tertiary alicyclic amines) is 1. The Balaban J connectivity index is 1.52. The maximum absolute atomic E-state index is 15.1. The predicted octanol–water partition coefficient (Wildman–Crippen LogP) is 2.63. The molecule has 120 valence electrons. The molecule has 1 N–H and O–H groups in total. The van der Waals surface area contributed by atoms with Gasteiger partial charge in [0, 0.05) is 44.3 Å². The molecule has 2 fully saturated rings. The molecule has 0 bridgehead atoms. The van der Waals surface area contributed by atoms with Crippen LogP contribution in [0.3, 0.4) is 0 Å². The fourth-order valence-electron chi connectivity index (χ4n) is 3.17. The Kier molecular flexibility index (Phi) is 4.54. The normalized spacial score (nSPS) is 21.9. The van der Waals surface area contributed by atoms with Gasteiger partial charge in [0.05, 0.1) is 0 Å². The monoisotopic (exact) mass is 325 g/mol. The van der Waals surface area contributed by atoms with Gasteiger partial charge in [-0.15, -0.1) is 0 Å². The van der Waals surface area contributed by atoms with Gasteiger partial charge in [-0.3, -0.25) is 0 Å². The third kappa shape index (κ3) is 3.36. The maximum atomic E-state index is 15.1. The van der Waals surface area contributed by atoms with E-state index in [1.54, 1.807) is 18.2 Å². The van der Waals surface area contributed by atoms with Crippen LogP contribution in [0, 0.1) is 0 Å². The summed E-state index contributed by atoms with van der Waals surface area (Å²) >= 11 is 5.97. The first-order valence-corrected chi connectivity index (χ1v) is 8.15. The molecular weight excluding hydrogens is 305 g/mol. The second kappa shape index (κ2) is 6.42. The lowest BCUT2D eigenvalue weighted by molar-refractivity contribution is 0.0535. The molecule has 0 unspecified atom stereocenters. The van der Waals surface area contributed by atoms with Gasteiger partial charge in [-0.05, 0) is 30.5 Å². The van der Waals surface area contributed by atoms with Gasteiger partial charge in [-0.2, -0.15) is 0 Å². The lowest BCUT2D eigenvalue weighted by Gasteiger charge is -2.37. The third-order valence-corrected chi connectivity index (χ3v) is 4.86. The van der Waals surface area contributed by atoms with Gasteiger partial charge in [0.15, 0.2) is 0 Å². The molecule has 0 aliphatic carbocycles. The summed E-state index contributed by atoms with van der Waals surface area (Å²) in [6, 6.07) is 7.12. The molecule has 2 heterocycles. The Morgan fingerprint density at radius 3 is 2.64 bits per heavy atom. The van der Waals surface area contributed by atoms with Gasteiger partial charge in [-0.25, -0.2) is 9.18 Å². The molecule has 2 aliphatic heterocycles. The van der Waals surface area contributed by atoms with E-state index in [1.807, 2.05) is 11.0 Å². The zero-order valence-corrected chi connectivity index (χ0v) is 13.3. The minimum atomic E-state index is -1.29. The second-order valence-electron chi connectivity index (χ2n) is 6.04. The van der Waals surface area contributed by atoms with Crippen molar-refractivity contribution in [2.75, 3.05) is 39.3 Å². The van der Waals surface area contributed by atoms with Crippen LogP contribution in [-0.2, 0) is 5.67 Å². The quantitative estimate of drug-likeness (QED) is 0.923. The molecule has 22 heavy (non-hydrogen) atoms. The van der Waals surface area contributed by atoms with Gasteiger partial charge >= 0.3 is 6.03 Å². The summed E-state index contributed by atoms with van der Waals surface area (Å²) in [5, 5.41) is 3.37. The van der Waals surface area contributed by atoms with Crippen molar-refractivity contribution in [3.63, 3.8) is 0 Å². The van der Waals surface area contributed by atoms with Crippen LogP contribution in [0.4, 0.5) is 9.18 Å². The molecule has 2 amide bonds. The summed E-state index contributed by atoms with van der Waals surface area (Å²) in [6.45, 7) is 4.42. The number of amides is 2. The maximum Gasteiger partial charge on any atom is 0.317 e. The highest BCUT2D eigenvalue weighted by atomic mass is 35.5. The third-order valence-electron chi connectivity index (χ3n) is 4.62. The van der Waals surface area contributed by atoms with Crippen molar-refractivity contribution in [1.29, 1.82) is 0 Å². The van der Waals surface area contributed by atoms with Crippen molar-refractivity contribution in [3.05, 3.63) is 34.9 Å². The molecule has 0 saturated carbocycles. The minimum absolute atomic E-state index is 0.00998. The first kappa shape index (κ1) is 15.6. The van der Waals surface area contributed by atoms with Crippen LogP contribution in [0.1, 0.15) is 18.4 Å². The Labute approximate surface area is 135 Å². The number of hydrogen-bond acceptors (Lipinski definition) is 2. The number of rotatable bonds is 4. The first-order valence-electron chi connectivity index (χ1n) is 7.77. The number of carbonyl (C=O) groups excluding carboxylic acids is 1. The van der Waals surface area contributed by atoms with Gasteiger partial charge < -0.3 is 15.1 Å². The minimum Gasteiger partial charge on any atom is -0.336 e. The van der Waals surface area contributed by atoms with E-state index in [-0.39, 0.29) is 6.03 Å². The summed E-state index contributed by atoms with van der Waals surface area (Å²) in [6.07, 6.45) is 0.944. The van der Waals surface area contributed by atoms with E-state index in [1.165, 1.54) is 0 Å². The number of piperidine rings is 1. The first-order chi connectivity index (χ1) is 10.6. The number of nitrogens with one attached hydrogen (secondary N) is 1. The lowest BCUT2D eigenvalue weighted by Crippen LogP contribution is -2.44. The summed E-state index contributed by atoms with van der Waals surface area (Å²) < 4.78 is 15.1. The van der Waals surface area contributed by atoms with E-state index in [0.29, 0.717) is 43.1 Å². The number of carbonyl (C=O) groups is 1. The van der Waals surface area contributed by atoms with E-state index in [4.69, 9.17) is 11.6 Å². The number of halogens is 2. The molecule has 0 atom stereocenters. The SMILES string of the molecule is O=C1NCCN1CCN1CCC(F)(c2cccc(Cl)c2)CC1. The Morgan fingerprint density at radius 1 is 1.23 bits per heavy atom. The van der Waals surface area contributed by atoms with Crippen LogP contribution in [0.2, 0.25) is 5.02 Å². The molecule has 0 spiro atoms. The van der Waals surface area contributed by atoms with E-state index in [2.05, 4.69) is 10.2 Å². The van der Waals surface area contributed by atoms with Crippen molar-refractivity contribution in [3.8, 4) is 0 Å². The number of alkyl halides is 1. The van der Waals surface area contributed by atoms with Crippen LogP contribution in [0.15, 0.2) is 24.3 Å². The standard InChI is InChI=1S/C16H21ClFN3O/c17-14-3-1-2-13(12-14)16(18)4-7-20(8-5-16)10-11-21-9-6-19-15(21)22/h1-3,12H,4-11H2,(H,19,22). The van der Waals surface area contributed by atoms with Crippen LogP contribution in [0.25, 0.3) is 0 Å². The van der Waals surface area contributed by atoms with Crippen molar-refractivity contribution >= 4 is 17.6 Å². The van der Waals surface area contributed by atoms with Crippen molar-refractivity contribution in [2.45, 2.75) is 18.5 Å². The molecule has 2 saturated heterocycles. The van der Waals surface area contributed by atoms with Crippen LogP contribution in [-0.4, -0.2) is 55.1 Å². The number of nitrogens with zero attached hydrogens (tertiary/aromatic N) is 2. The van der Waals surface area contributed by atoms with Crippen molar-refractivity contribution in [2.24, 2.45) is 0 Å². The molecule has 0 aromatic heterocycles. The molecule has 6 heteroatoms. The number of benzene rings is 1. The summed E-state index contributed by atoms with van der Waals surface area (Å²) in [5.41, 5.74) is -0.606. The van der Waals surface area contributed by atoms with Crippen LogP contribution >= 0.6 is 11.6 Å². The lowest BCUT2D eigenvalue weighted by atomic mass is 9.86. The van der Waals surface area contributed by atoms with Gasteiger partial charge in [0.25, 0.3) is 0 Å². The molecule has 3 rings (SSSR count). The Hall–Kier alpha value is -1.33. The highest BCUT2D eigenvalue weighted by Crippen LogP contribution is 2.37. The second-order valence-corrected chi connectivity index (χ2v) is 6.47. The van der Waals surface area contributed by atoms with Crippen LogP contribution in [0.5, 0.6) is 0 Å². The Bertz CT molecular complexity index is 546. The molecular formula is C16H21ClFN3O. The highest BCUT2D eigenvalue weighted by Gasteiger charge is 2.36. The average Bonchev–Trinajstić information content (AvgIpc) is 2.92. The van der Waals surface area contributed by atoms with Gasteiger partial charge in [-0.1, -0.05) is 23.7 Å². The number of hydrogen-bond donors (Lipinski definition) is 1. The zero-order valence-electron chi connectivity index (χ0n) is 12.5. The summed E-state index contributed by atoms with van der Waals surface area (Å²) in [5.74, 6) is 0. The largest absolute Gasteiger partial charge is 0.336 e. The van der Waals surface area contributed by atoms with E-state index >= 15 is 4.39 Å². The number of urea groups is 1. The van der Waals surface area contributed by atoms with E-state index in [0.717, 1.165) is 19.6 Å². The Morgan fingerprint density at radius 2 is 2.00 bits per heavy atom. The highest BCUT2D eigenvalue weighted by molar-refractivity contribution is 6.30. The smallest absolute Gasteiger partial charge is 0.317 e. The van der Waals surface area contributed by atoms with E-state index < -0.39 is 5.67 Å². The molecule has 4 nitrogen and oxygen atoms in total. The van der Waals surface area contributed by atoms with Crippen molar-refractivity contribution < 1.29 is 9.18 Å². The van der Waals surface area contributed by atoms with Crippen LogP contribution < -0.4 is 5.32 Å².